The largest absolute Gasteiger partial charge is 0.340 e. The van der Waals surface area contributed by atoms with Gasteiger partial charge in [-0.25, -0.2) is 4.98 Å². The van der Waals surface area contributed by atoms with Crippen LogP contribution in [0.2, 0.25) is 0 Å². The molecule has 0 fully saturated rings. The maximum atomic E-state index is 8.71. The molecule has 0 atom stereocenters. The number of nitrogens with zero attached hydrogens (tertiary/aromatic N) is 3. The third-order valence-electron chi connectivity index (χ3n) is 4.22. The van der Waals surface area contributed by atoms with E-state index in [0.29, 0.717) is 11.8 Å². The van der Waals surface area contributed by atoms with Crippen molar-refractivity contribution in [3.8, 4) is 17.9 Å². The fraction of sp³-hybridized carbons (Fsp3) is 0.125. The molecule has 5 nitrogen and oxygen atoms in total. The van der Waals surface area contributed by atoms with Gasteiger partial charge < -0.3 is 10.6 Å². The van der Waals surface area contributed by atoms with Crippen molar-refractivity contribution in [1.29, 1.82) is 5.26 Å². The Labute approximate surface area is 171 Å². The van der Waals surface area contributed by atoms with Crippen molar-refractivity contribution in [3.05, 3.63) is 77.0 Å². The highest BCUT2D eigenvalue weighted by Crippen LogP contribution is 2.26. The summed E-state index contributed by atoms with van der Waals surface area (Å²) in [5.74, 6) is 7.11. The predicted octanol–water partition coefficient (Wildman–Crippen LogP) is 5.49. The Bertz CT molecular complexity index is 1120. The Kier molecular flexibility index (Phi) is 6.25. The number of aromatic nitrogens is 2. The van der Waals surface area contributed by atoms with Gasteiger partial charge in [0.2, 0.25) is 5.95 Å². The van der Waals surface area contributed by atoms with E-state index in [1.54, 1.807) is 12.3 Å². The summed E-state index contributed by atoms with van der Waals surface area (Å²) in [6.07, 6.45) is 4.99. The second kappa shape index (κ2) is 9.21. The zero-order valence-corrected chi connectivity index (χ0v) is 16.6. The number of benzene rings is 2. The molecule has 29 heavy (non-hydrogen) atoms. The minimum atomic E-state index is 0.508. The number of hydrogen-bond acceptors (Lipinski definition) is 5. The lowest BCUT2D eigenvalue weighted by Gasteiger charge is -2.14. The topological polar surface area (TPSA) is 73.6 Å². The molecular weight excluding hydrogens is 358 g/mol. The molecule has 3 rings (SSSR count). The van der Waals surface area contributed by atoms with Gasteiger partial charge in [0.25, 0.3) is 0 Å². The van der Waals surface area contributed by atoms with Gasteiger partial charge in [-0.1, -0.05) is 5.92 Å². The van der Waals surface area contributed by atoms with Crippen LogP contribution in [0.15, 0.2) is 54.7 Å². The van der Waals surface area contributed by atoms with E-state index in [4.69, 9.17) is 5.26 Å². The second-order valence-corrected chi connectivity index (χ2v) is 6.46. The van der Waals surface area contributed by atoms with Gasteiger partial charge >= 0.3 is 0 Å². The molecule has 0 saturated heterocycles. The van der Waals surface area contributed by atoms with E-state index >= 15 is 0 Å². The van der Waals surface area contributed by atoms with Crippen LogP contribution in [0.5, 0.6) is 0 Å². The van der Waals surface area contributed by atoms with Crippen molar-refractivity contribution < 1.29 is 0 Å². The summed E-state index contributed by atoms with van der Waals surface area (Å²) < 4.78 is 0. The van der Waals surface area contributed by atoms with Gasteiger partial charge in [-0.15, -0.1) is 5.92 Å². The zero-order chi connectivity index (χ0) is 20.6. The van der Waals surface area contributed by atoms with Crippen molar-refractivity contribution in [2.75, 3.05) is 10.6 Å². The molecule has 2 N–H and O–H groups in total. The van der Waals surface area contributed by atoms with Gasteiger partial charge in [0, 0.05) is 29.2 Å². The van der Waals surface area contributed by atoms with Crippen molar-refractivity contribution in [3.63, 3.8) is 0 Å². The van der Waals surface area contributed by atoms with E-state index in [-0.39, 0.29) is 0 Å². The first-order valence-corrected chi connectivity index (χ1v) is 9.16. The Hall–Kier alpha value is -4.09. The van der Waals surface area contributed by atoms with Crippen molar-refractivity contribution in [2.45, 2.75) is 20.8 Å². The van der Waals surface area contributed by atoms with Crippen LogP contribution in [0, 0.1) is 37.0 Å². The standard InChI is InChI=1S/C24H21N5/c1-4-6-19-8-10-21(11-9-19)27-24-26-14-12-22(29-24)28-23-17(2)15-20(7-5-13-25)16-18(23)3/h5,7-12,14-16H,1-3H3,(H2,26,27,28,29)/b7-5+. The van der Waals surface area contributed by atoms with E-state index in [2.05, 4.69) is 32.4 Å². The summed E-state index contributed by atoms with van der Waals surface area (Å²) in [5, 5.41) is 15.3. The van der Waals surface area contributed by atoms with E-state index in [0.717, 1.165) is 33.6 Å². The molecule has 0 unspecified atom stereocenters. The second-order valence-electron chi connectivity index (χ2n) is 6.46. The van der Waals surface area contributed by atoms with Crippen LogP contribution >= 0.6 is 0 Å². The average Bonchev–Trinajstić information content (AvgIpc) is 2.71. The lowest BCUT2D eigenvalue weighted by Crippen LogP contribution is -2.02. The minimum absolute atomic E-state index is 0.508. The van der Waals surface area contributed by atoms with Gasteiger partial charge in [0.1, 0.15) is 5.82 Å². The average molecular weight is 379 g/mol. The predicted molar refractivity (Wildman–Crippen MR) is 118 cm³/mol. The van der Waals surface area contributed by atoms with Gasteiger partial charge in [-0.3, -0.25) is 0 Å². The van der Waals surface area contributed by atoms with Crippen LogP contribution in [0.4, 0.5) is 23.1 Å². The Morgan fingerprint density at radius 2 is 1.72 bits per heavy atom. The number of nitriles is 1. The molecule has 0 amide bonds. The summed E-state index contributed by atoms with van der Waals surface area (Å²) in [4.78, 5) is 8.86. The highest BCUT2D eigenvalue weighted by molar-refractivity contribution is 5.69. The van der Waals surface area contributed by atoms with Gasteiger partial charge in [-0.05, 0) is 86.0 Å². The first kappa shape index (κ1) is 19.7. The molecule has 0 bridgehead atoms. The molecule has 2 aromatic carbocycles. The molecule has 142 valence electrons. The van der Waals surface area contributed by atoms with E-state index in [9.17, 15) is 0 Å². The number of rotatable bonds is 5. The number of aryl methyl sites for hydroxylation is 2. The van der Waals surface area contributed by atoms with E-state index in [1.165, 1.54) is 6.08 Å². The van der Waals surface area contributed by atoms with Crippen LogP contribution < -0.4 is 10.6 Å². The third-order valence-corrected chi connectivity index (χ3v) is 4.22. The maximum absolute atomic E-state index is 8.71. The van der Waals surface area contributed by atoms with Crippen molar-refractivity contribution >= 4 is 29.2 Å². The van der Waals surface area contributed by atoms with Crippen molar-refractivity contribution in [1.82, 2.24) is 9.97 Å². The van der Waals surface area contributed by atoms with Crippen LogP contribution in [-0.2, 0) is 0 Å². The quantitative estimate of drug-likeness (QED) is 0.453. The van der Waals surface area contributed by atoms with Crippen molar-refractivity contribution in [2.24, 2.45) is 0 Å². The highest BCUT2D eigenvalue weighted by Gasteiger charge is 2.07. The van der Waals surface area contributed by atoms with Crippen LogP contribution in [0.3, 0.4) is 0 Å². The van der Waals surface area contributed by atoms with Gasteiger partial charge in [0.15, 0.2) is 0 Å². The van der Waals surface area contributed by atoms with Gasteiger partial charge in [-0.2, -0.15) is 10.2 Å². The monoisotopic (exact) mass is 379 g/mol. The van der Waals surface area contributed by atoms with E-state index in [1.807, 2.05) is 69.3 Å². The molecular formula is C24H21N5. The molecule has 3 aromatic rings. The highest BCUT2D eigenvalue weighted by atomic mass is 15.1. The molecule has 1 aromatic heterocycles. The number of allylic oxidation sites excluding steroid dienone is 1. The first-order chi connectivity index (χ1) is 14.1. The Balaban J connectivity index is 1.78. The Morgan fingerprint density at radius 1 is 1.00 bits per heavy atom. The minimum Gasteiger partial charge on any atom is -0.340 e. The summed E-state index contributed by atoms with van der Waals surface area (Å²) in [6, 6.07) is 15.7. The maximum Gasteiger partial charge on any atom is 0.229 e. The number of anilines is 4. The molecule has 0 aliphatic rings. The van der Waals surface area contributed by atoms with Crippen LogP contribution in [0.25, 0.3) is 6.08 Å². The lowest BCUT2D eigenvalue weighted by atomic mass is 10.0. The number of hydrogen-bond donors (Lipinski definition) is 2. The first-order valence-electron chi connectivity index (χ1n) is 9.16. The molecule has 1 heterocycles. The Morgan fingerprint density at radius 3 is 2.38 bits per heavy atom. The molecule has 5 heteroatoms. The third kappa shape index (κ3) is 5.22. The summed E-state index contributed by atoms with van der Waals surface area (Å²) in [7, 11) is 0. The summed E-state index contributed by atoms with van der Waals surface area (Å²) in [6.45, 7) is 5.87. The number of nitrogens with one attached hydrogen (secondary N) is 2. The molecule has 0 saturated carbocycles. The fourth-order valence-corrected chi connectivity index (χ4v) is 2.95. The molecule has 0 aliphatic carbocycles. The molecule has 0 aliphatic heterocycles. The summed E-state index contributed by atoms with van der Waals surface area (Å²) >= 11 is 0. The fourth-order valence-electron chi connectivity index (χ4n) is 2.95. The molecule has 0 spiro atoms. The summed E-state index contributed by atoms with van der Waals surface area (Å²) in [5.41, 5.74) is 5.99. The zero-order valence-electron chi connectivity index (χ0n) is 16.6. The van der Waals surface area contributed by atoms with Crippen LogP contribution in [-0.4, -0.2) is 9.97 Å². The SMILES string of the molecule is CC#Cc1ccc(Nc2nccc(Nc3c(C)cc(/C=C/C#N)cc3C)n2)cc1. The normalized spacial score (nSPS) is 10.1. The smallest absolute Gasteiger partial charge is 0.229 e. The van der Waals surface area contributed by atoms with Crippen LogP contribution in [0.1, 0.15) is 29.2 Å². The lowest BCUT2D eigenvalue weighted by molar-refractivity contribution is 1.16. The van der Waals surface area contributed by atoms with Gasteiger partial charge in [0.05, 0.1) is 6.07 Å². The molecule has 0 radical (unpaired) electrons. The van der Waals surface area contributed by atoms with E-state index < -0.39 is 0 Å².